The lowest BCUT2D eigenvalue weighted by molar-refractivity contribution is -0.118. The molecule has 76 valence electrons. The number of nitrogens with one attached hydrogen (secondary N) is 2. The molecular formula is C11H10N2O2. The maximum atomic E-state index is 11.5. The van der Waals surface area contributed by atoms with Crippen LogP contribution in [0.25, 0.3) is 10.9 Å². The lowest BCUT2D eigenvalue weighted by atomic mass is 10.1. The number of carbonyl (C=O) groups excluding carboxylic acids is 2. The van der Waals surface area contributed by atoms with Crippen LogP contribution in [-0.2, 0) is 4.79 Å². The van der Waals surface area contributed by atoms with Gasteiger partial charge in [0.15, 0.2) is 0 Å². The van der Waals surface area contributed by atoms with Crippen molar-refractivity contribution >= 4 is 22.7 Å². The number of carbonyl (C=O) groups is 2. The molecule has 1 aromatic carbocycles. The van der Waals surface area contributed by atoms with Gasteiger partial charge in [-0.1, -0.05) is 0 Å². The molecule has 0 saturated heterocycles. The van der Waals surface area contributed by atoms with Gasteiger partial charge in [0.25, 0.3) is 5.91 Å². The first kappa shape index (κ1) is 9.45. The van der Waals surface area contributed by atoms with E-state index in [1.54, 1.807) is 18.3 Å². The van der Waals surface area contributed by atoms with E-state index in [1.165, 1.54) is 6.92 Å². The summed E-state index contributed by atoms with van der Waals surface area (Å²) in [7, 11) is 0. The zero-order chi connectivity index (χ0) is 10.8. The first-order valence-electron chi connectivity index (χ1n) is 4.56. The smallest absolute Gasteiger partial charge is 0.257 e. The Morgan fingerprint density at radius 2 is 2.07 bits per heavy atom. The van der Waals surface area contributed by atoms with E-state index >= 15 is 0 Å². The third-order valence-electron chi connectivity index (χ3n) is 2.11. The summed E-state index contributed by atoms with van der Waals surface area (Å²) in [6, 6.07) is 7.10. The van der Waals surface area contributed by atoms with Crippen molar-refractivity contribution in [3.8, 4) is 0 Å². The van der Waals surface area contributed by atoms with E-state index in [0.29, 0.717) is 5.56 Å². The van der Waals surface area contributed by atoms with Crippen molar-refractivity contribution in [1.29, 1.82) is 0 Å². The molecule has 4 nitrogen and oxygen atoms in total. The first-order valence-corrected chi connectivity index (χ1v) is 4.56. The molecule has 0 unspecified atom stereocenters. The lowest BCUT2D eigenvalue weighted by Crippen LogP contribution is -2.27. The van der Waals surface area contributed by atoms with E-state index < -0.39 is 0 Å². The summed E-state index contributed by atoms with van der Waals surface area (Å²) in [5, 5.41) is 3.18. The minimum Gasteiger partial charge on any atom is -0.361 e. The zero-order valence-electron chi connectivity index (χ0n) is 8.20. The van der Waals surface area contributed by atoms with Crippen molar-refractivity contribution in [2.24, 2.45) is 0 Å². The van der Waals surface area contributed by atoms with Gasteiger partial charge in [-0.15, -0.1) is 0 Å². The average Bonchev–Trinajstić information content (AvgIpc) is 2.62. The Bertz CT molecular complexity index is 528. The third-order valence-corrected chi connectivity index (χ3v) is 2.11. The van der Waals surface area contributed by atoms with Crippen LogP contribution in [0, 0.1) is 0 Å². The van der Waals surface area contributed by atoms with Crippen LogP contribution in [0.1, 0.15) is 17.3 Å². The Morgan fingerprint density at radius 1 is 1.27 bits per heavy atom. The van der Waals surface area contributed by atoms with Crippen molar-refractivity contribution in [3.05, 3.63) is 36.0 Å². The Labute approximate surface area is 86.3 Å². The van der Waals surface area contributed by atoms with Crippen molar-refractivity contribution in [2.45, 2.75) is 6.92 Å². The molecule has 0 bridgehead atoms. The summed E-state index contributed by atoms with van der Waals surface area (Å²) in [6.07, 6.45) is 1.80. The van der Waals surface area contributed by atoms with Crippen LogP contribution < -0.4 is 5.32 Å². The minimum atomic E-state index is -0.370. The molecule has 0 aliphatic heterocycles. The highest BCUT2D eigenvalue weighted by Gasteiger charge is 2.07. The molecule has 2 aromatic rings. The fourth-order valence-corrected chi connectivity index (χ4v) is 1.43. The van der Waals surface area contributed by atoms with Crippen molar-refractivity contribution in [2.75, 3.05) is 0 Å². The van der Waals surface area contributed by atoms with Gasteiger partial charge in [0, 0.05) is 29.6 Å². The molecule has 0 radical (unpaired) electrons. The third kappa shape index (κ3) is 1.88. The minimum absolute atomic E-state index is 0.353. The van der Waals surface area contributed by atoms with Crippen LogP contribution in [0.4, 0.5) is 0 Å². The molecule has 0 saturated carbocycles. The second kappa shape index (κ2) is 3.57. The summed E-state index contributed by atoms with van der Waals surface area (Å²) in [5.41, 5.74) is 1.45. The predicted octanol–water partition coefficient (Wildman–Crippen LogP) is 1.44. The molecule has 0 aliphatic carbocycles. The first-order chi connectivity index (χ1) is 7.16. The molecule has 0 fully saturated rings. The molecule has 1 heterocycles. The van der Waals surface area contributed by atoms with Gasteiger partial charge in [0.2, 0.25) is 5.91 Å². The number of rotatable bonds is 1. The van der Waals surface area contributed by atoms with Gasteiger partial charge in [-0.25, -0.2) is 0 Å². The number of H-pyrrole nitrogens is 1. The zero-order valence-corrected chi connectivity index (χ0v) is 8.20. The maximum Gasteiger partial charge on any atom is 0.257 e. The van der Waals surface area contributed by atoms with Crippen LogP contribution in [0.5, 0.6) is 0 Å². The molecule has 1 aromatic heterocycles. The second-order valence-corrected chi connectivity index (χ2v) is 3.29. The van der Waals surface area contributed by atoms with Gasteiger partial charge < -0.3 is 4.98 Å². The van der Waals surface area contributed by atoms with Crippen molar-refractivity contribution in [3.63, 3.8) is 0 Å². The number of fused-ring (bicyclic) bond motifs is 1. The van der Waals surface area contributed by atoms with Gasteiger partial charge in [-0.2, -0.15) is 0 Å². The predicted molar refractivity (Wildman–Crippen MR) is 56.4 cm³/mol. The van der Waals surface area contributed by atoms with Gasteiger partial charge in [-0.05, 0) is 24.3 Å². The Hall–Kier alpha value is -2.10. The Balaban J connectivity index is 2.35. The fraction of sp³-hybridized carbons (Fsp3) is 0.0909. The highest BCUT2D eigenvalue weighted by Crippen LogP contribution is 2.13. The Kier molecular flexibility index (Phi) is 2.25. The van der Waals surface area contributed by atoms with Crippen molar-refractivity contribution in [1.82, 2.24) is 10.3 Å². The molecule has 0 aliphatic rings. The van der Waals surface area contributed by atoms with Crippen LogP contribution in [0.15, 0.2) is 30.5 Å². The molecule has 2 rings (SSSR count). The van der Waals surface area contributed by atoms with Gasteiger partial charge in [0.1, 0.15) is 0 Å². The number of aromatic amines is 1. The number of aromatic nitrogens is 1. The molecule has 4 heteroatoms. The molecular weight excluding hydrogens is 192 g/mol. The largest absolute Gasteiger partial charge is 0.361 e. The van der Waals surface area contributed by atoms with Crippen LogP contribution >= 0.6 is 0 Å². The highest BCUT2D eigenvalue weighted by molar-refractivity contribution is 6.05. The monoisotopic (exact) mass is 202 g/mol. The van der Waals surface area contributed by atoms with Crippen LogP contribution in [0.2, 0.25) is 0 Å². The van der Waals surface area contributed by atoms with E-state index in [1.807, 2.05) is 12.1 Å². The van der Waals surface area contributed by atoms with Crippen LogP contribution in [0.3, 0.4) is 0 Å². The van der Waals surface area contributed by atoms with Gasteiger partial charge in [0.05, 0.1) is 0 Å². The van der Waals surface area contributed by atoms with Crippen molar-refractivity contribution < 1.29 is 9.59 Å². The summed E-state index contributed by atoms with van der Waals surface area (Å²) < 4.78 is 0. The SMILES string of the molecule is CC(=O)NC(=O)c1ccc2[nH]ccc2c1. The number of hydrogen-bond donors (Lipinski definition) is 2. The number of hydrogen-bond acceptors (Lipinski definition) is 2. The Morgan fingerprint density at radius 3 is 2.80 bits per heavy atom. The average molecular weight is 202 g/mol. The van der Waals surface area contributed by atoms with Gasteiger partial charge in [-0.3, -0.25) is 14.9 Å². The summed E-state index contributed by atoms with van der Waals surface area (Å²) in [6.45, 7) is 1.31. The van der Waals surface area contributed by atoms with E-state index in [-0.39, 0.29) is 11.8 Å². The second-order valence-electron chi connectivity index (χ2n) is 3.29. The van der Waals surface area contributed by atoms with Crippen LogP contribution in [-0.4, -0.2) is 16.8 Å². The number of amides is 2. The summed E-state index contributed by atoms with van der Waals surface area (Å²) >= 11 is 0. The molecule has 15 heavy (non-hydrogen) atoms. The topological polar surface area (TPSA) is 62.0 Å². The standard InChI is InChI=1S/C11H10N2O2/c1-7(14)13-11(15)9-2-3-10-8(6-9)4-5-12-10/h2-6,12H,1H3,(H,13,14,15). The molecule has 2 amide bonds. The summed E-state index contributed by atoms with van der Waals surface area (Å²) in [4.78, 5) is 25.2. The molecule has 0 spiro atoms. The molecule has 2 N–H and O–H groups in total. The molecule has 0 atom stereocenters. The summed E-state index contributed by atoms with van der Waals surface area (Å²) in [5.74, 6) is -0.722. The quantitative estimate of drug-likeness (QED) is 0.735. The van der Waals surface area contributed by atoms with E-state index in [0.717, 1.165) is 10.9 Å². The van der Waals surface area contributed by atoms with E-state index in [9.17, 15) is 9.59 Å². The van der Waals surface area contributed by atoms with Gasteiger partial charge >= 0.3 is 0 Å². The number of imide groups is 1. The normalized spacial score (nSPS) is 10.2. The maximum absolute atomic E-state index is 11.5. The highest BCUT2D eigenvalue weighted by atomic mass is 16.2. The number of benzene rings is 1. The van der Waals surface area contributed by atoms with E-state index in [4.69, 9.17) is 0 Å². The lowest BCUT2D eigenvalue weighted by Gasteiger charge is -2.00. The van der Waals surface area contributed by atoms with E-state index in [2.05, 4.69) is 10.3 Å². The fourth-order valence-electron chi connectivity index (χ4n) is 1.43.